The van der Waals surface area contributed by atoms with Gasteiger partial charge in [0.05, 0.1) is 19.1 Å². The molecule has 0 unspecified atom stereocenters. The van der Waals surface area contributed by atoms with E-state index in [0.717, 1.165) is 0 Å². The smallest absolute Gasteiger partial charge is 0.251 e. The summed E-state index contributed by atoms with van der Waals surface area (Å²) < 4.78 is 24.5. The maximum absolute atomic E-state index is 12.2. The number of carbonyl (C=O) groups is 2. The van der Waals surface area contributed by atoms with Gasteiger partial charge in [0.1, 0.15) is 0 Å². The van der Waals surface area contributed by atoms with Crippen molar-refractivity contribution in [2.45, 2.75) is 26.3 Å². The van der Waals surface area contributed by atoms with Crippen molar-refractivity contribution in [1.29, 1.82) is 0 Å². The van der Waals surface area contributed by atoms with Crippen LogP contribution in [0.5, 0.6) is 0 Å². The first-order chi connectivity index (χ1) is 9.81. The standard InChI is InChI=1S/C13H24F2N4O2/c1-9(2)12(16)13(21)17-7-11(20)19-5-3-18(4-6-19)8-10(14)15/h9-10,12H,3-8,16H2,1-2H3,(H,17,21)/t12-/m0/s1. The molecule has 1 rings (SSSR count). The van der Waals surface area contributed by atoms with E-state index in [9.17, 15) is 18.4 Å². The molecular weight excluding hydrogens is 282 g/mol. The first-order valence-corrected chi connectivity index (χ1v) is 7.12. The van der Waals surface area contributed by atoms with Crippen LogP contribution >= 0.6 is 0 Å². The Hall–Kier alpha value is -1.28. The van der Waals surface area contributed by atoms with Crippen LogP contribution in [0.3, 0.4) is 0 Å². The van der Waals surface area contributed by atoms with Gasteiger partial charge in [-0.15, -0.1) is 0 Å². The minimum absolute atomic E-state index is 0.00186. The van der Waals surface area contributed by atoms with Crippen LogP contribution < -0.4 is 11.1 Å². The molecule has 2 amide bonds. The fraction of sp³-hybridized carbons (Fsp3) is 0.846. The number of hydrogen-bond acceptors (Lipinski definition) is 4. The normalized spacial score (nSPS) is 18.1. The molecule has 21 heavy (non-hydrogen) atoms. The lowest BCUT2D eigenvalue weighted by molar-refractivity contribution is -0.134. The van der Waals surface area contributed by atoms with Crippen LogP contribution in [-0.4, -0.2) is 73.4 Å². The third-order valence-corrected chi connectivity index (χ3v) is 3.56. The summed E-state index contributed by atoms with van der Waals surface area (Å²) in [7, 11) is 0. The zero-order valence-corrected chi connectivity index (χ0v) is 12.5. The van der Waals surface area contributed by atoms with Gasteiger partial charge >= 0.3 is 0 Å². The molecule has 6 nitrogen and oxygen atoms in total. The number of nitrogens with two attached hydrogens (primary N) is 1. The summed E-state index contributed by atoms with van der Waals surface area (Å²) in [4.78, 5) is 26.8. The minimum atomic E-state index is -2.36. The number of rotatable bonds is 6. The Morgan fingerprint density at radius 2 is 1.76 bits per heavy atom. The number of alkyl halides is 2. The van der Waals surface area contributed by atoms with Gasteiger partial charge in [-0.05, 0) is 5.92 Å². The van der Waals surface area contributed by atoms with Crippen molar-refractivity contribution in [2.75, 3.05) is 39.3 Å². The summed E-state index contributed by atoms with van der Waals surface area (Å²) in [5.74, 6) is -0.566. The molecule has 1 heterocycles. The topological polar surface area (TPSA) is 78.7 Å². The summed E-state index contributed by atoms with van der Waals surface area (Å²) in [5, 5.41) is 2.52. The average Bonchev–Trinajstić information content (AvgIpc) is 2.43. The van der Waals surface area contributed by atoms with Crippen LogP contribution in [0, 0.1) is 5.92 Å². The highest BCUT2D eigenvalue weighted by Gasteiger charge is 2.24. The van der Waals surface area contributed by atoms with Gasteiger partial charge in [0.25, 0.3) is 6.43 Å². The van der Waals surface area contributed by atoms with E-state index in [1.165, 1.54) is 0 Å². The Labute approximate surface area is 123 Å². The Balaban J connectivity index is 2.30. The Kier molecular flexibility index (Phi) is 6.97. The molecule has 1 fully saturated rings. The van der Waals surface area contributed by atoms with Crippen molar-refractivity contribution >= 4 is 11.8 Å². The van der Waals surface area contributed by atoms with Crippen molar-refractivity contribution in [3.63, 3.8) is 0 Å². The second kappa shape index (κ2) is 8.23. The van der Waals surface area contributed by atoms with Gasteiger partial charge < -0.3 is 16.0 Å². The highest BCUT2D eigenvalue weighted by atomic mass is 19.3. The van der Waals surface area contributed by atoms with Crippen LogP contribution in [0.1, 0.15) is 13.8 Å². The zero-order valence-electron chi connectivity index (χ0n) is 12.5. The number of piperazine rings is 1. The van der Waals surface area contributed by atoms with Gasteiger partial charge in [-0.2, -0.15) is 0 Å². The molecule has 0 aliphatic carbocycles. The fourth-order valence-corrected chi connectivity index (χ4v) is 2.07. The molecule has 1 saturated heterocycles. The highest BCUT2D eigenvalue weighted by molar-refractivity contribution is 5.87. The Morgan fingerprint density at radius 3 is 2.24 bits per heavy atom. The third-order valence-electron chi connectivity index (χ3n) is 3.56. The van der Waals surface area contributed by atoms with Crippen molar-refractivity contribution in [2.24, 2.45) is 11.7 Å². The molecule has 0 saturated carbocycles. The van der Waals surface area contributed by atoms with E-state index in [2.05, 4.69) is 5.32 Å². The molecule has 1 aliphatic heterocycles. The molecule has 0 aromatic heterocycles. The van der Waals surface area contributed by atoms with Crippen LogP contribution in [0.25, 0.3) is 0 Å². The molecule has 122 valence electrons. The number of amides is 2. The Bertz CT molecular complexity index is 358. The Morgan fingerprint density at radius 1 is 1.19 bits per heavy atom. The molecule has 1 atom stereocenters. The molecule has 0 spiro atoms. The van der Waals surface area contributed by atoms with Crippen LogP contribution in [0.4, 0.5) is 8.78 Å². The van der Waals surface area contributed by atoms with Crippen molar-refractivity contribution in [3.05, 3.63) is 0 Å². The maximum atomic E-state index is 12.2. The molecule has 0 bridgehead atoms. The molecule has 1 aliphatic rings. The van der Waals surface area contributed by atoms with Gasteiger partial charge in [0.15, 0.2) is 0 Å². The monoisotopic (exact) mass is 306 g/mol. The lowest BCUT2D eigenvalue weighted by Crippen LogP contribution is -2.53. The summed E-state index contributed by atoms with van der Waals surface area (Å²) in [6.45, 7) is 4.94. The van der Waals surface area contributed by atoms with E-state index in [-0.39, 0.29) is 30.8 Å². The summed E-state index contributed by atoms with van der Waals surface area (Å²) in [5.41, 5.74) is 5.67. The molecular formula is C13H24F2N4O2. The van der Waals surface area contributed by atoms with Crippen LogP contribution in [-0.2, 0) is 9.59 Å². The number of nitrogens with one attached hydrogen (secondary N) is 1. The van der Waals surface area contributed by atoms with Crippen molar-refractivity contribution in [3.8, 4) is 0 Å². The van der Waals surface area contributed by atoms with E-state index in [1.807, 2.05) is 13.8 Å². The van der Waals surface area contributed by atoms with E-state index in [0.29, 0.717) is 26.2 Å². The summed E-state index contributed by atoms with van der Waals surface area (Å²) in [6.07, 6.45) is -2.36. The van der Waals surface area contributed by atoms with Crippen molar-refractivity contribution < 1.29 is 18.4 Å². The SMILES string of the molecule is CC(C)[C@H](N)C(=O)NCC(=O)N1CCN(CC(F)F)CC1. The molecule has 3 N–H and O–H groups in total. The molecule has 8 heteroatoms. The van der Waals surface area contributed by atoms with Gasteiger partial charge in [-0.3, -0.25) is 14.5 Å². The van der Waals surface area contributed by atoms with Crippen LogP contribution in [0.2, 0.25) is 0 Å². The van der Waals surface area contributed by atoms with Crippen LogP contribution in [0.15, 0.2) is 0 Å². The number of nitrogens with zero attached hydrogens (tertiary/aromatic N) is 2. The van der Waals surface area contributed by atoms with E-state index < -0.39 is 12.5 Å². The first kappa shape index (κ1) is 17.8. The van der Waals surface area contributed by atoms with Gasteiger partial charge in [-0.25, -0.2) is 8.78 Å². The fourth-order valence-electron chi connectivity index (χ4n) is 2.07. The summed E-state index contributed by atoms with van der Waals surface area (Å²) >= 11 is 0. The maximum Gasteiger partial charge on any atom is 0.251 e. The predicted molar refractivity (Wildman–Crippen MR) is 74.8 cm³/mol. The van der Waals surface area contributed by atoms with Gasteiger partial charge in [0, 0.05) is 26.2 Å². The first-order valence-electron chi connectivity index (χ1n) is 7.12. The molecule has 0 radical (unpaired) electrons. The van der Waals surface area contributed by atoms with E-state index >= 15 is 0 Å². The number of carbonyl (C=O) groups excluding carboxylic acids is 2. The van der Waals surface area contributed by atoms with Crippen molar-refractivity contribution in [1.82, 2.24) is 15.1 Å². The predicted octanol–water partition coefficient (Wildman–Crippen LogP) is -0.505. The minimum Gasteiger partial charge on any atom is -0.346 e. The van der Waals surface area contributed by atoms with E-state index in [4.69, 9.17) is 5.73 Å². The quantitative estimate of drug-likeness (QED) is 0.693. The largest absolute Gasteiger partial charge is 0.346 e. The second-order valence-corrected chi connectivity index (χ2v) is 5.56. The zero-order chi connectivity index (χ0) is 16.0. The molecule has 0 aromatic carbocycles. The summed E-state index contributed by atoms with van der Waals surface area (Å²) in [6, 6.07) is -0.638. The van der Waals surface area contributed by atoms with Gasteiger partial charge in [-0.1, -0.05) is 13.8 Å². The highest BCUT2D eigenvalue weighted by Crippen LogP contribution is 2.05. The average molecular weight is 306 g/mol. The second-order valence-electron chi connectivity index (χ2n) is 5.56. The van der Waals surface area contributed by atoms with E-state index in [1.54, 1.807) is 9.80 Å². The third kappa shape index (κ3) is 5.92. The molecule has 0 aromatic rings. The van der Waals surface area contributed by atoms with Gasteiger partial charge in [0.2, 0.25) is 11.8 Å². The lowest BCUT2D eigenvalue weighted by Gasteiger charge is -2.34. The lowest BCUT2D eigenvalue weighted by atomic mass is 10.1. The number of halogens is 2. The number of hydrogen-bond donors (Lipinski definition) is 2.